The highest BCUT2D eigenvalue weighted by molar-refractivity contribution is 5.94. The summed E-state index contributed by atoms with van der Waals surface area (Å²) in [5.74, 6) is 1.02. The Hall–Kier alpha value is -6.26. The second-order valence-corrected chi connectivity index (χ2v) is 12.1. The molecule has 9 rings (SSSR count). The molecule has 8 aromatic rings. The average molecular weight is 618 g/mol. The molecule has 0 atom stereocenters. The maximum atomic E-state index is 6.01. The topological polar surface area (TPSA) is 43.9 Å². The Morgan fingerprint density at radius 3 is 1.67 bits per heavy atom. The van der Waals surface area contributed by atoms with Crippen molar-refractivity contribution in [3.05, 3.63) is 169 Å². The van der Waals surface area contributed by atoms with Crippen LogP contribution in [0.3, 0.4) is 0 Å². The third-order valence-electron chi connectivity index (χ3n) is 9.32. The van der Waals surface area contributed by atoms with E-state index in [-0.39, 0.29) is 0 Å². The van der Waals surface area contributed by atoms with Crippen LogP contribution in [0, 0.1) is 0 Å². The predicted molar refractivity (Wildman–Crippen MR) is 196 cm³/mol. The van der Waals surface area contributed by atoms with E-state index in [1.807, 2.05) is 30.3 Å². The number of para-hydroxylation sites is 1. The van der Waals surface area contributed by atoms with Gasteiger partial charge in [-0.15, -0.1) is 10.2 Å². The van der Waals surface area contributed by atoms with Crippen molar-refractivity contribution in [2.75, 3.05) is 0 Å². The van der Waals surface area contributed by atoms with E-state index < -0.39 is 0 Å². The molecule has 1 aliphatic carbocycles. The molecular formula is C44H31N3O. The van der Waals surface area contributed by atoms with E-state index >= 15 is 0 Å². The summed E-state index contributed by atoms with van der Waals surface area (Å²) in [5.41, 5.74) is 14.1. The molecule has 6 aromatic carbocycles. The largest absolute Gasteiger partial charge is 0.416 e. The molecule has 1 aliphatic rings. The van der Waals surface area contributed by atoms with E-state index in [1.54, 1.807) is 0 Å². The lowest BCUT2D eigenvalue weighted by atomic mass is 9.89. The molecule has 228 valence electrons. The third-order valence-corrected chi connectivity index (χ3v) is 9.32. The van der Waals surface area contributed by atoms with Gasteiger partial charge in [0.15, 0.2) is 0 Å². The summed E-state index contributed by atoms with van der Waals surface area (Å²) in [6.07, 6.45) is 6.70. The molecule has 0 saturated heterocycles. The Kier molecular flexibility index (Phi) is 6.90. The van der Waals surface area contributed by atoms with Crippen LogP contribution in [0.2, 0.25) is 0 Å². The summed E-state index contributed by atoms with van der Waals surface area (Å²) in [7, 11) is 0. The quantitative estimate of drug-likeness (QED) is 0.186. The van der Waals surface area contributed by atoms with Gasteiger partial charge in [-0.1, -0.05) is 121 Å². The zero-order chi connectivity index (χ0) is 31.9. The molecule has 0 amide bonds. The number of allylic oxidation sites excluding steroid dienone is 1. The van der Waals surface area contributed by atoms with Gasteiger partial charge in [-0.2, -0.15) is 0 Å². The Morgan fingerprint density at radius 1 is 0.479 bits per heavy atom. The molecule has 4 heteroatoms. The van der Waals surface area contributed by atoms with Crippen LogP contribution in [0.15, 0.2) is 162 Å². The van der Waals surface area contributed by atoms with Gasteiger partial charge < -0.3 is 8.98 Å². The minimum absolute atomic E-state index is 0.507. The summed E-state index contributed by atoms with van der Waals surface area (Å²) in [6, 6.07) is 53.4. The first-order chi connectivity index (χ1) is 23.8. The number of fused-ring (bicyclic) bond motifs is 3. The first-order valence-electron chi connectivity index (χ1n) is 16.4. The molecule has 0 saturated carbocycles. The molecular weight excluding hydrogens is 587 g/mol. The summed E-state index contributed by atoms with van der Waals surface area (Å²) in [5, 5.41) is 9.90. The molecule has 0 spiro atoms. The molecule has 0 bridgehead atoms. The molecule has 2 aromatic heterocycles. The fraction of sp³-hybridized carbons (Fsp3) is 0.0455. The maximum Gasteiger partial charge on any atom is 0.248 e. The summed E-state index contributed by atoms with van der Waals surface area (Å²) in [4.78, 5) is 0. The van der Waals surface area contributed by atoms with Crippen molar-refractivity contribution in [2.24, 2.45) is 0 Å². The lowest BCUT2D eigenvalue weighted by Gasteiger charge is -2.16. The summed E-state index contributed by atoms with van der Waals surface area (Å²) >= 11 is 0. The van der Waals surface area contributed by atoms with Gasteiger partial charge in [-0.25, -0.2) is 0 Å². The van der Waals surface area contributed by atoms with Crippen molar-refractivity contribution in [1.29, 1.82) is 0 Å². The van der Waals surface area contributed by atoms with Gasteiger partial charge in [0, 0.05) is 33.5 Å². The molecule has 2 heterocycles. The highest BCUT2D eigenvalue weighted by Crippen LogP contribution is 2.40. The number of nitrogens with zero attached hydrogens (tertiary/aromatic N) is 3. The smallest absolute Gasteiger partial charge is 0.248 e. The SMILES string of the molecule is C1=Cc2c(n(-c3ccc(-c4ccccc4-c4ccccc4-c4ccc(-c5nnc(-c6ccccc6)o5)cc4)cc3)c3ccccc23)CC1. The number of aromatic nitrogens is 3. The van der Waals surface area contributed by atoms with Crippen LogP contribution in [0.4, 0.5) is 0 Å². The fourth-order valence-corrected chi connectivity index (χ4v) is 7.03. The molecule has 0 N–H and O–H groups in total. The molecule has 48 heavy (non-hydrogen) atoms. The van der Waals surface area contributed by atoms with Crippen LogP contribution in [0.5, 0.6) is 0 Å². The maximum absolute atomic E-state index is 6.01. The minimum atomic E-state index is 0.507. The Morgan fingerprint density at radius 2 is 1.00 bits per heavy atom. The molecule has 0 radical (unpaired) electrons. The Balaban J connectivity index is 1.05. The van der Waals surface area contributed by atoms with Gasteiger partial charge in [0.1, 0.15) is 0 Å². The van der Waals surface area contributed by atoms with Gasteiger partial charge in [-0.05, 0) is 88.7 Å². The van der Waals surface area contributed by atoms with Crippen molar-refractivity contribution in [3.8, 4) is 62.0 Å². The van der Waals surface area contributed by atoms with Gasteiger partial charge in [0.25, 0.3) is 0 Å². The van der Waals surface area contributed by atoms with Crippen LogP contribution >= 0.6 is 0 Å². The first kappa shape index (κ1) is 28.0. The highest BCUT2D eigenvalue weighted by Gasteiger charge is 2.19. The van der Waals surface area contributed by atoms with Crippen LogP contribution < -0.4 is 0 Å². The minimum Gasteiger partial charge on any atom is -0.416 e. The van der Waals surface area contributed by atoms with E-state index in [0.717, 1.165) is 29.5 Å². The van der Waals surface area contributed by atoms with Crippen LogP contribution in [0.1, 0.15) is 17.7 Å². The number of benzene rings is 6. The van der Waals surface area contributed by atoms with Crippen molar-refractivity contribution >= 4 is 17.0 Å². The average Bonchev–Trinajstić information content (AvgIpc) is 3.80. The lowest BCUT2D eigenvalue weighted by Crippen LogP contribution is -2.02. The molecule has 0 unspecified atom stereocenters. The van der Waals surface area contributed by atoms with Crippen LogP contribution in [-0.4, -0.2) is 14.8 Å². The van der Waals surface area contributed by atoms with Crippen LogP contribution in [0.25, 0.3) is 79.0 Å². The van der Waals surface area contributed by atoms with Gasteiger partial charge >= 0.3 is 0 Å². The Labute approximate surface area is 279 Å². The van der Waals surface area contributed by atoms with E-state index in [0.29, 0.717) is 11.8 Å². The van der Waals surface area contributed by atoms with Crippen molar-refractivity contribution < 1.29 is 4.42 Å². The number of rotatable bonds is 6. The van der Waals surface area contributed by atoms with Crippen molar-refractivity contribution in [2.45, 2.75) is 12.8 Å². The zero-order valence-corrected chi connectivity index (χ0v) is 26.3. The normalized spacial score (nSPS) is 12.3. The van der Waals surface area contributed by atoms with Crippen molar-refractivity contribution in [3.63, 3.8) is 0 Å². The third kappa shape index (κ3) is 4.86. The van der Waals surface area contributed by atoms with Gasteiger partial charge in [0.05, 0.1) is 5.52 Å². The molecule has 0 fully saturated rings. The molecule has 4 nitrogen and oxygen atoms in total. The van der Waals surface area contributed by atoms with Gasteiger partial charge in [-0.3, -0.25) is 0 Å². The first-order valence-corrected chi connectivity index (χ1v) is 16.4. The van der Waals surface area contributed by atoms with E-state index in [4.69, 9.17) is 4.42 Å². The van der Waals surface area contributed by atoms with E-state index in [2.05, 4.69) is 148 Å². The van der Waals surface area contributed by atoms with E-state index in [9.17, 15) is 0 Å². The second-order valence-electron chi connectivity index (χ2n) is 12.1. The van der Waals surface area contributed by atoms with E-state index in [1.165, 1.54) is 55.7 Å². The fourth-order valence-electron chi connectivity index (χ4n) is 7.03. The Bertz CT molecular complexity index is 2430. The zero-order valence-electron chi connectivity index (χ0n) is 26.3. The lowest BCUT2D eigenvalue weighted by molar-refractivity contribution is 0.584. The predicted octanol–water partition coefficient (Wildman–Crippen LogP) is 11.3. The standard InChI is InChI=1S/C44H31N3O/c1-2-12-32(13-3-1)43-45-46-44(48-43)33-24-22-30(23-25-33)35-14-4-6-16-37(35)38-17-7-5-15-36(38)31-26-28-34(29-27-31)47-41-20-10-8-18-39(41)40-19-9-11-21-42(40)47/h1-10,12-20,22-29H,11,21H2. The van der Waals surface area contributed by atoms with Crippen LogP contribution in [-0.2, 0) is 6.42 Å². The number of hydrogen-bond donors (Lipinski definition) is 0. The summed E-state index contributed by atoms with van der Waals surface area (Å²) < 4.78 is 8.46. The molecule has 0 aliphatic heterocycles. The summed E-state index contributed by atoms with van der Waals surface area (Å²) in [6.45, 7) is 0. The van der Waals surface area contributed by atoms with Gasteiger partial charge in [0.2, 0.25) is 11.8 Å². The monoisotopic (exact) mass is 617 g/mol. The highest BCUT2D eigenvalue weighted by atomic mass is 16.4. The second kappa shape index (κ2) is 11.8. The number of hydrogen-bond acceptors (Lipinski definition) is 3. The van der Waals surface area contributed by atoms with Crippen molar-refractivity contribution in [1.82, 2.24) is 14.8 Å².